The number of nitrogens with zero attached hydrogens (tertiary/aromatic N) is 1. The number of amides is 2. The molecule has 4 aromatic carbocycles. The number of rotatable bonds is 5. The van der Waals surface area contributed by atoms with Gasteiger partial charge in [0.05, 0.1) is 5.69 Å². The second kappa shape index (κ2) is 6.55. The molecule has 29 heavy (non-hydrogen) atoms. The number of carboxylic acid groups (broad SMARTS) is 1. The van der Waals surface area contributed by atoms with Crippen LogP contribution in [-0.2, 0) is 20.8 Å². The number of carbonyl (C=O) groups excluding carboxylic acids is 2. The molecule has 4 aromatic rings. The Balaban J connectivity index is 1.81. The summed E-state index contributed by atoms with van der Waals surface area (Å²) in [5, 5.41) is 15.6. The summed E-state index contributed by atoms with van der Waals surface area (Å²) in [5.74, 6) is -1.23. The fraction of sp³-hybridized carbons (Fsp3) is 0.208. The third kappa shape index (κ3) is 2.73. The van der Waals surface area contributed by atoms with Gasteiger partial charge in [0.15, 0.2) is 0 Å². The molecule has 1 heterocycles. The molecule has 5 nitrogen and oxygen atoms in total. The van der Waals surface area contributed by atoms with Gasteiger partial charge in [0.25, 0.3) is 0 Å². The van der Waals surface area contributed by atoms with E-state index in [4.69, 9.17) is 5.11 Å². The Morgan fingerprint density at radius 2 is 1.55 bits per heavy atom. The molecule has 5 rings (SSSR count). The van der Waals surface area contributed by atoms with Crippen molar-refractivity contribution in [3.8, 4) is 0 Å². The third-order valence-electron chi connectivity index (χ3n) is 5.85. The molecule has 5 heteroatoms. The lowest BCUT2D eigenvalue weighted by Gasteiger charge is -2.22. The Bertz CT molecular complexity index is 1280. The van der Waals surface area contributed by atoms with E-state index in [0.717, 1.165) is 37.9 Å². The van der Waals surface area contributed by atoms with Crippen LogP contribution in [0.5, 0.6) is 0 Å². The second-order valence-corrected chi connectivity index (χ2v) is 7.60. The van der Waals surface area contributed by atoms with Crippen LogP contribution < -0.4 is 4.90 Å². The standard InChI is InChI=1S/C24H19NO4/c26-20-11-12-21(27)25(20)19-13-16-8-7-14-3-1-4-15-9-10-18(24(16)23(14)15)17(19)5-2-6-22(28)29/h1,3-4,7-10,13H,2,5-6,11-12H2,(H,28,29). The van der Waals surface area contributed by atoms with Crippen molar-refractivity contribution < 1.29 is 19.5 Å². The van der Waals surface area contributed by atoms with Crippen LogP contribution in [0.4, 0.5) is 5.69 Å². The van der Waals surface area contributed by atoms with Crippen molar-refractivity contribution in [2.75, 3.05) is 4.90 Å². The minimum atomic E-state index is -0.849. The van der Waals surface area contributed by atoms with Gasteiger partial charge in [0, 0.05) is 19.3 Å². The monoisotopic (exact) mass is 385 g/mol. The minimum Gasteiger partial charge on any atom is -0.481 e. The van der Waals surface area contributed by atoms with Crippen LogP contribution in [0.3, 0.4) is 0 Å². The topological polar surface area (TPSA) is 74.7 Å². The van der Waals surface area contributed by atoms with Gasteiger partial charge in [-0.1, -0.05) is 42.5 Å². The van der Waals surface area contributed by atoms with E-state index < -0.39 is 5.97 Å². The number of carbonyl (C=O) groups is 3. The second-order valence-electron chi connectivity index (χ2n) is 7.60. The predicted octanol–water partition coefficient (Wildman–Crippen LogP) is 4.64. The van der Waals surface area contributed by atoms with Crippen LogP contribution in [0.15, 0.2) is 48.5 Å². The Morgan fingerprint density at radius 3 is 2.24 bits per heavy atom. The normalized spacial score (nSPS) is 14.7. The average Bonchev–Trinajstić information content (AvgIpc) is 3.04. The number of aliphatic carboxylic acids is 1. The first kappa shape index (κ1) is 17.6. The maximum Gasteiger partial charge on any atom is 0.303 e. The van der Waals surface area contributed by atoms with Crippen LogP contribution in [0.2, 0.25) is 0 Å². The van der Waals surface area contributed by atoms with Gasteiger partial charge < -0.3 is 5.11 Å². The number of imide groups is 1. The summed E-state index contributed by atoms with van der Waals surface area (Å²) in [6.07, 6.45) is 1.43. The Labute approximate surface area is 166 Å². The zero-order valence-corrected chi connectivity index (χ0v) is 15.8. The quantitative estimate of drug-likeness (QED) is 0.401. The number of carboxylic acids is 1. The van der Waals surface area contributed by atoms with Crippen molar-refractivity contribution in [2.24, 2.45) is 0 Å². The summed E-state index contributed by atoms with van der Waals surface area (Å²) in [6.45, 7) is 0. The first-order valence-corrected chi connectivity index (χ1v) is 9.81. The molecule has 0 spiro atoms. The molecule has 0 unspecified atom stereocenters. The highest BCUT2D eigenvalue weighted by Crippen LogP contribution is 2.41. The smallest absolute Gasteiger partial charge is 0.303 e. The van der Waals surface area contributed by atoms with Gasteiger partial charge >= 0.3 is 5.97 Å². The highest BCUT2D eigenvalue weighted by molar-refractivity contribution is 6.27. The van der Waals surface area contributed by atoms with E-state index in [9.17, 15) is 14.4 Å². The molecule has 1 aliphatic heterocycles. The van der Waals surface area contributed by atoms with Gasteiger partial charge in [-0.2, -0.15) is 0 Å². The summed E-state index contributed by atoms with van der Waals surface area (Å²) >= 11 is 0. The maximum atomic E-state index is 12.5. The van der Waals surface area contributed by atoms with Gasteiger partial charge in [0.1, 0.15) is 0 Å². The minimum absolute atomic E-state index is 0.0450. The Kier molecular flexibility index (Phi) is 3.98. The number of anilines is 1. The highest BCUT2D eigenvalue weighted by Gasteiger charge is 2.32. The molecular weight excluding hydrogens is 366 g/mol. The molecule has 0 aromatic heterocycles. The third-order valence-corrected chi connectivity index (χ3v) is 5.85. The van der Waals surface area contributed by atoms with E-state index in [1.807, 2.05) is 24.3 Å². The number of hydrogen-bond acceptors (Lipinski definition) is 3. The number of aryl methyl sites for hydroxylation is 1. The van der Waals surface area contributed by atoms with Crippen molar-refractivity contribution in [1.82, 2.24) is 0 Å². The van der Waals surface area contributed by atoms with Crippen LogP contribution in [0.25, 0.3) is 32.3 Å². The fourth-order valence-corrected chi connectivity index (χ4v) is 4.58. The van der Waals surface area contributed by atoms with Crippen molar-refractivity contribution in [3.63, 3.8) is 0 Å². The van der Waals surface area contributed by atoms with Crippen molar-refractivity contribution >= 4 is 55.8 Å². The molecule has 1 aliphatic rings. The van der Waals surface area contributed by atoms with Crippen LogP contribution >= 0.6 is 0 Å². The summed E-state index contributed by atoms with van der Waals surface area (Å²) in [5.41, 5.74) is 1.48. The van der Waals surface area contributed by atoms with Gasteiger partial charge in [-0.15, -0.1) is 0 Å². The fourth-order valence-electron chi connectivity index (χ4n) is 4.58. The lowest BCUT2D eigenvalue weighted by Crippen LogP contribution is -2.29. The van der Waals surface area contributed by atoms with Gasteiger partial charge in [-0.25, -0.2) is 0 Å². The number of benzene rings is 4. The molecule has 0 saturated carbocycles. The molecule has 0 bridgehead atoms. The van der Waals surface area contributed by atoms with E-state index in [1.165, 1.54) is 4.90 Å². The largest absolute Gasteiger partial charge is 0.481 e. The molecular formula is C24H19NO4. The summed E-state index contributed by atoms with van der Waals surface area (Å²) < 4.78 is 0. The Hall–Kier alpha value is -3.47. The molecule has 0 radical (unpaired) electrons. The lowest BCUT2D eigenvalue weighted by molar-refractivity contribution is -0.137. The van der Waals surface area contributed by atoms with E-state index in [0.29, 0.717) is 18.5 Å². The summed E-state index contributed by atoms with van der Waals surface area (Å²) in [6, 6.07) is 16.3. The van der Waals surface area contributed by atoms with E-state index in [-0.39, 0.29) is 31.1 Å². The summed E-state index contributed by atoms with van der Waals surface area (Å²) in [7, 11) is 0. The van der Waals surface area contributed by atoms with Gasteiger partial charge in [-0.3, -0.25) is 19.3 Å². The zero-order chi connectivity index (χ0) is 20.1. The first-order valence-electron chi connectivity index (χ1n) is 9.81. The van der Waals surface area contributed by atoms with Crippen molar-refractivity contribution in [1.29, 1.82) is 0 Å². The van der Waals surface area contributed by atoms with Crippen molar-refractivity contribution in [3.05, 3.63) is 54.1 Å². The number of hydrogen-bond donors (Lipinski definition) is 1. The molecule has 0 atom stereocenters. The lowest BCUT2D eigenvalue weighted by atomic mass is 9.89. The summed E-state index contributed by atoms with van der Waals surface area (Å²) in [4.78, 5) is 37.3. The maximum absolute atomic E-state index is 12.5. The van der Waals surface area contributed by atoms with Gasteiger partial charge in [-0.05, 0) is 56.8 Å². The van der Waals surface area contributed by atoms with E-state index >= 15 is 0 Å². The van der Waals surface area contributed by atoms with Crippen molar-refractivity contribution in [2.45, 2.75) is 32.1 Å². The van der Waals surface area contributed by atoms with Crippen LogP contribution in [0, 0.1) is 0 Å². The van der Waals surface area contributed by atoms with Gasteiger partial charge in [0.2, 0.25) is 11.8 Å². The first-order chi connectivity index (χ1) is 14.0. The van der Waals surface area contributed by atoms with Crippen LogP contribution in [-0.4, -0.2) is 22.9 Å². The molecule has 1 N–H and O–H groups in total. The van der Waals surface area contributed by atoms with E-state index in [2.05, 4.69) is 24.3 Å². The molecule has 0 aliphatic carbocycles. The Morgan fingerprint density at radius 1 is 0.897 bits per heavy atom. The molecule has 2 amide bonds. The molecule has 144 valence electrons. The SMILES string of the molecule is O=C(O)CCCc1c(N2C(=O)CCC2=O)cc2ccc3cccc4ccc1c2c34. The van der Waals surface area contributed by atoms with Crippen LogP contribution in [0.1, 0.15) is 31.2 Å². The molecule has 1 saturated heterocycles. The van der Waals surface area contributed by atoms with E-state index in [1.54, 1.807) is 0 Å². The molecule has 1 fully saturated rings. The average molecular weight is 385 g/mol. The zero-order valence-electron chi connectivity index (χ0n) is 15.8. The highest BCUT2D eigenvalue weighted by atomic mass is 16.4. The predicted molar refractivity (Wildman–Crippen MR) is 112 cm³/mol.